The van der Waals surface area contributed by atoms with Gasteiger partial charge in [-0.3, -0.25) is 9.48 Å². The van der Waals surface area contributed by atoms with Gasteiger partial charge in [-0.2, -0.15) is 5.10 Å². The van der Waals surface area contributed by atoms with Crippen molar-refractivity contribution in [3.05, 3.63) is 17.5 Å². The van der Waals surface area contributed by atoms with Crippen LogP contribution < -0.4 is 10.6 Å². The normalized spacial score (nSPS) is 16.9. The van der Waals surface area contributed by atoms with E-state index in [2.05, 4.69) is 15.7 Å². The molecule has 5 nitrogen and oxygen atoms in total. The van der Waals surface area contributed by atoms with E-state index in [0.717, 1.165) is 12.2 Å². The molecular formula is C15H26N4O. The molecule has 0 aromatic carbocycles. The molecule has 1 aliphatic rings. The van der Waals surface area contributed by atoms with Crippen LogP contribution in [0.3, 0.4) is 0 Å². The zero-order chi connectivity index (χ0) is 14.4. The predicted octanol–water partition coefficient (Wildman–Crippen LogP) is 1.77. The molecule has 1 amide bonds. The highest BCUT2D eigenvalue weighted by atomic mass is 16.1. The average Bonchev–Trinajstić information content (AvgIpc) is 2.64. The van der Waals surface area contributed by atoms with E-state index in [-0.39, 0.29) is 5.91 Å². The van der Waals surface area contributed by atoms with E-state index in [1.807, 2.05) is 14.0 Å². The summed E-state index contributed by atoms with van der Waals surface area (Å²) >= 11 is 0. The quantitative estimate of drug-likeness (QED) is 0.637. The molecule has 2 rings (SSSR count). The number of rotatable bonds is 5. The lowest BCUT2D eigenvalue weighted by atomic mass is 10.1. The van der Waals surface area contributed by atoms with Gasteiger partial charge in [0.15, 0.2) is 0 Å². The summed E-state index contributed by atoms with van der Waals surface area (Å²) in [4.78, 5) is 12.0. The minimum Gasteiger partial charge on any atom is -0.351 e. The standard InChI is InChI=1S/C15H26N4O/c1-12-14(11-19(2)18-12)15(20)17-10-9-16-13-7-5-3-4-6-8-13/h11,13,16H,3-10H2,1-2H3,(H,17,20). The van der Waals surface area contributed by atoms with E-state index in [4.69, 9.17) is 0 Å². The second-order valence-corrected chi connectivity index (χ2v) is 5.70. The Labute approximate surface area is 121 Å². The van der Waals surface area contributed by atoms with Crippen molar-refractivity contribution in [2.45, 2.75) is 51.5 Å². The van der Waals surface area contributed by atoms with Gasteiger partial charge in [0.25, 0.3) is 5.91 Å². The van der Waals surface area contributed by atoms with Gasteiger partial charge < -0.3 is 10.6 Å². The van der Waals surface area contributed by atoms with Gasteiger partial charge in [0, 0.05) is 32.4 Å². The maximum atomic E-state index is 12.0. The average molecular weight is 278 g/mol. The second-order valence-electron chi connectivity index (χ2n) is 5.70. The minimum atomic E-state index is -0.0294. The van der Waals surface area contributed by atoms with Crippen LogP contribution in [-0.2, 0) is 7.05 Å². The Morgan fingerprint density at radius 3 is 2.60 bits per heavy atom. The Hall–Kier alpha value is -1.36. The van der Waals surface area contributed by atoms with Gasteiger partial charge in [-0.1, -0.05) is 25.7 Å². The molecule has 0 spiro atoms. The van der Waals surface area contributed by atoms with Crippen LogP contribution in [0.2, 0.25) is 0 Å². The molecule has 0 aliphatic heterocycles. The number of hydrogen-bond donors (Lipinski definition) is 2. The molecule has 1 saturated carbocycles. The van der Waals surface area contributed by atoms with Crippen LogP contribution in [0.25, 0.3) is 0 Å². The first-order valence-electron chi connectivity index (χ1n) is 7.68. The number of nitrogens with zero attached hydrogens (tertiary/aromatic N) is 2. The number of aryl methyl sites for hydroxylation is 2. The molecule has 1 fully saturated rings. The van der Waals surface area contributed by atoms with Crippen LogP contribution in [0.1, 0.15) is 54.6 Å². The molecular weight excluding hydrogens is 252 g/mol. The predicted molar refractivity (Wildman–Crippen MR) is 79.8 cm³/mol. The highest BCUT2D eigenvalue weighted by Crippen LogP contribution is 2.16. The Balaban J connectivity index is 1.67. The molecule has 20 heavy (non-hydrogen) atoms. The van der Waals surface area contributed by atoms with Crippen LogP contribution in [-0.4, -0.2) is 34.8 Å². The number of amides is 1. The molecule has 5 heteroatoms. The van der Waals surface area contributed by atoms with Crippen molar-refractivity contribution in [2.24, 2.45) is 7.05 Å². The van der Waals surface area contributed by atoms with Gasteiger partial charge in [0.05, 0.1) is 11.3 Å². The van der Waals surface area contributed by atoms with Gasteiger partial charge >= 0.3 is 0 Å². The first kappa shape index (κ1) is 15.0. The number of carbonyl (C=O) groups is 1. The van der Waals surface area contributed by atoms with E-state index in [0.29, 0.717) is 18.2 Å². The molecule has 1 aromatic rings. The highest BCUT2D eigenvalue weighted by Gasteiger charge is 2.13. The van der Waals surface area contributed by atoms with E-state index < -0.39 is 0 Å². The monoisotopic (exact) mass is 278 g/mol. The molecule has 1 aliphatic carbocycles. The van der Waals surface area contributed by atoms with Gasteiger partial charge in [-0.15, -0.1) is 0 Å². The lowest BCUT2D eigenvalue weighted by Crippen LogP contribution is -2.36. The third-order valence-electron chi connectivity index (χ3n) is 3.96. The summed E-state index contributed by atoms with van der Waals surface area (Å²) in [5.41, 5.74) is 1.45. The molecule has 1 heterocycles. The Morgan fingerprint density at radius 1 is 1.30 bits per heavy atom. The van der Waals surface area contributed by atoms with Crippen LogP contribution in [0.4, 0.5) is 0 Å². The maximum absolute atomic E-state index is 12.0. The second kappa shape index (κ2) is 7.43. The third-order valence-corrected chi connectivity index (χ3v) is 3.96. The Bertz CT molecular complexity index is 433. The summed E-state index contributed by atoms with van der Waals surface area (Å²) in [6.07, 6.45) is 9.72. The summed E-state index contributed by atoms with van der Waals surface area (Å²) < 4.78 is 1.67. The molecule has 0 bridgehead atoms. The zero-order valence-corrected chi connectivity index (χ0v) is 12.6. The molecule has 0 atom stereocenters. The van der Waals surface area contributed by atoms with Gasteiger partial charge in [-0.25, -0.2) is 0 Å². The third kappa shape index (κ3) is 4.34. The van der Waals surface area contributed by atoms with E-state index >= 15 is 0 Å². The smallest absolute Gasteiger partial charge is 0.254 e. The molecule has 0 unspecified atom stereocenters. The van der Waals surface area contributed by atoms with Crippen LogP contribution in [0.5, 0.6) is 0 Å². The van der Waals surface area contributed by atoms with Gasteiger partial charge in [0.1, 0.15) is 0 Å². The van der Waals surface area contributed by atoms with E-state index in [9.17, 15) is 4.79 Å². The summed E-state index contributed by atoms with van der Waals surface area (Å²) in [6.45, 7) is 3.37. The first-order valence-corrected chi connectivity index (χ1v) is 7.68. The van der Waals surface area contributed by atoms with Crippen LogP contribution in [0.15, 0.2) is 6.20 Å². The SMILES string of the molecule is Cc1nn(C)cc1C(=O)NCCNC1CCCCCC1. The van der Waals surface area contributed by atoms with Crippen LogP contribution >= 0.6 is 0 Å². The summed E-state index contributed by atoms with van der Waals surface area (Å²) in [5, 5.41) is 10.7. The largest absolute Gasteiger partial charge is 0.351 e. The Morgan fingerprint density at radius 2 is 2.00 bits per heavy atom. The van der Waals surface area contributed by atoms with Gasteiger partial charge in [-0.05, 0) is 19.8 Å². The van der Waals surface area contributed by atoms with Crippen molar-refractivity contribution in [3.8, 4) is 0 Å². The van der Waals surface area contributed by atoms with Crippen molar-refractivity contribution in [1.29, 1.82) is 0 Å². The zero-order valence-electron chi connectivity index (χ0n) is 12.6. The fraction of sp³-hybridized carbons (Fsp3) is 0.733. The fourth-order valence-corrected chi connectivity index (χ4v) is 2.85. The first-order chi connectivity index (χ1) is 9.66. The number of aromatic nitrogens is 2. The fourth-order valence-electron chi connectivity index (χ4n) is 2.85. The number of carbonyl (C=O) groups excluding carboxylic acids is 1. The van der Waals surface area contributed by atoms with Crippen molar-refractivity contribution in [1.82, 2.24) is 20.4 Å². The molecule has 112 valence electrons. The van der Waals surface area contributed by atoms with Crippen molar-refractivity contribution in [2.75, 3.05) is 13.1 Å². The number of hydrogen-bond acceptors (Lipinski definition) is 3. The van der Waals surface area contributed by atoms with Crippen molar-refractivity contribution < 1.29 is 4.79 Å². The summed E-state index contributed by atoms with van der Waals surface area (Å²) in [5.74, 6) is -0.0294. The van der Waals surface area contributed by atoms with Gasteiger partial charge in [0.2, 0.25) is 0 Å². The summed E-state index contributed by atoms with van der Waals surface area (Å²) in [6, 6.07) is 0.634. The minimum absolute atomic E-state index is 0.0294. The van der Waals surface area contributed by atoms with Crippen LogP contribution in [0, 0.1) is 6.92 Å². The number of nitrogens with one attached hydrogen (secondary N) is 2. The Kier molecular flexibility index (Phi) is 5.59. The molecule has 1 aromatic heterocycles. The topological polar surface area (TPSA) is 59.0 Å². The molecule has 2 N–H and O–H groups in total. The highest BCUT2D eigenvalue weighted by molar-refractivity contribution is 5.94. The lowest BCUT2D eigenvalue weighted by Gasteiger charge is -2.16. The van der Waals surface area contributed by atoms with Crippen molar-refractivity contribution >= 4 is 5.91 Å². The maximum Gasteiger partial charge on any atom is 0.254 e. The van der Waals surface area contributed by atoms with Crippen molar-refractivity contribution in [3.63, 3.8) is 0 Å². The lowest BCUT2D eigenvalue weighted by molar-refractivity contribution is 0.0953. The molecule has 0 radical (unpaired) electrons. The summed E-state index contributed by atoms with van der Waals surface area (Å²) in [7, 11) is 1.83. The van der Waals surface area contributed by atoms with E-state index in [1.54, 1.807) is 10.9 Å². The molecule has 0 saturated heterocycles. The van der Waals surface area contributed by atoms with E-state index in [1.165, 1.54) is 38.5 Å².